The van der Waals surface area contributed by atoms with Crippen LogP contribution in [0.25, 0.3) is 10.1 Å². The number of nitrogens with zero attached hydrogens (tertiary/aromatic N) is 1. The molecule has 0 aliphatic carbocycles. The number of methoxy groups -OCH3 is 1. The van der Waals surface area contributed by atoms with Crippen LogP contribution in [-0.2, 0) is 12.4 Å². The molecule has 232 valence electrons. The molecule has 2 N–H and O–H groups in total. The third kappa shape index (κ3) is 6.44. The van der Waals surface area contributed by atoms with Crippen LogP contribution in [0.4, 0.5) is 47.8 Å². The second-order valence-electron chi connectivity index (χ2n) is 10.0. The average Bonchev–Trinajstić information content (AvgIpc) is 3.34. The molecule has 2 amide bonds. The first-order valence-corrected chi connectivity index (χ1v) is 14.1. The molecule has 0 saturated carbocycles. The van der Waals surface area contributed by atoms with Gasteiger partial charge in [-0.3, -0.25) is 9.59 Å². The highest BCUT2D eigenvalue weighted by Gasteiger charge is 2.35. The Morgan fingerprint density at radius 3 is 2.23 bits per heavy atom. The van der Waals surface area contributed by atoms with Crippen LogP contribution in [0.3, 0.4) is 0 Å². The lowest BCUT2D eigenvalue weighted by atomic mass is 10.1. The normalized spacial score (nSPS) is 14.0. The number of halogens is 7. The smallest absolute Gasteiger partial charge is 0.419 e. The number of fused-ring (bicyclic) bond motifs is 1. The van der Waals surface area contributed by atoms with Gasteiger partial charge in [-0.25, -0.2) is 4.39 Å². The van der Waals surface area contributed by atoms with Gasteiger partial charge >= 0.3 is 12.4 Å². The first-order chi connectivity index (χ1) is 20.8. The SMILES string of the molecule is COc1ccc(N2CCCCC2)cc1C(=O)Nc1c(C(=O)Nc2ccc(F)c(C(F)(F)F)c2)sc2cc(C(F)(F)F)ccc12. The van der Waals surface area contributed by atoms with Gasteiger partial charge in [0.25, 0.3) is 11.8 Å². The number of alkyl halides is 6. The van der Waals surface area contributed by atoms with Gasteiger partial charge in [-0.1, -0.05) is 6.07 Å². The lowest BCUT2D eigenvalue weighted by Crippen LogP contribution is -2.29. The largest absolute Gasteiger partial charge is 0.496 e. The Morgan fingerprint density at radius 2 is 1.57 bits per heavy atom. The fourth-order valence-corrected chi connectivity index (χ4v) is 6.06. The summed E-state index contributed by atoms with van der Waals surface area (Å²) in [5, 5.41) is 4.95. The minimum Gasteiger partial charge on any atom is -0.496 e. The first kappa shape index (κ1) is 31.1. The zero-order chi connectivity index (χ0) is 31.8. The van der Waals surface area contributed by atoms with Crippen LogP contribution in [0, 0.1) is 5.82 Å². The Bertz CT molecular complexity index is 1730. The van der Waals surface area contributed by atoms with Crippen molar-refractivity contribution in [3.8, 4) is 5.75 Å². The maximum absolute atomic E-state index is 13.8. The Labute approximate surface area is 250 Å². The van der Waals surface area contributed by atoms with Crippen molar-refractivity contribution < 1.29 is 45.1 Å². The van der Waals surface area contributed by atoms with Crippen LogP contribution >= 0.6 is 11.3 Å². The number of amides is 2. The molecule has 5 rings (SSSR count). The number of nitrogens with one attached hydrogen (secondary N) is 2. The fraction of sp³-hybridized carbons (Fsp3) is 0.267. The molecule has 1 saturated heterocycles. The van der Waals surface area contributed by atoms with Gasteiger partial charge in [0.05, 0.1) is 29.5 Å². The molecule has 0 spiro atoms. The van der Waals surface area contributed by atoms with Crippen molar-refractivity contribution in [3.05, 3.63) is 82.0 Å². The number of anilines is 3. The molecule has 1 aliphatic rings. The number of piperidine rings is 1. The van der Waals surface area contributed by atoms with E-state index in [-0.39, 0.29) is 32.0 Å². The average molecular weight is 640 g/mol. The predicted octanol–water partition coefficient (Wildman–Crippen LogP) is 8.58. The highest BCUT2D eigenvalue weighted by atomic mass is 32.1. The van der Waals surface area contributed by atoms with Gasteiger partial charge in [-0.2, -0.15) is 26.3 Å². The minimum atomic E-state index is -5.04. The maximum Gasteiger partial charge on any atom is 0.419 e. The van der Waals surface area contributed by atoms with Crippen LogP contribution in [-0.4, -0.2) is 32.0 Å². The second-order valence-corrected chi connectivity index (χ2v) is 11.1. The summed E-state index contributed by atoms with van der Waals surface area (Å²) >= 11 is 0.605. The van der Waals surface area contributed by atoms with Crippen molar-refractivity contribution in [3.63, 3.8) is 0 Å². The van der Waals surface area contributed by atoms with E-state index in [2.05, 4.69) is 15.5 Å². The molecule has 3 aromatic carbocycles. The van der Waals surface area contributed by atoms with Gasteiger partial charge in [0, 0.05) is 34.6 Å². The summed E-state index contributed by atoms with van der Waals surface area (Å²) in [7, 11) is 1.36. The first-order valence-electron chi connectivity index (χ1n) is 13.3. The van der Waals surface area contributed by atoms with E-state index in [9.17, 15) is 40.3 Å². The predicted molar refractivity (Wildman–Crippen MR) is 153 cm³/mol. The minimum absolute atomic E-state index is 0.00982. The lowest BCUT2D eigenvalue weighted by molar-refractivity contribution is -0.140. The summed E-state index contributed by atoms with van der Waals surface area (Å²) < 4.78 is 99.2. The number of rotatable bonds is 6. The summed E-state index contributed by atoms with van der Waals surface area (Å²) in [6, 6.07) is 9.57. The Hall–Kier alpha value is -4.33. The molecular formula is C30H24F7N3O3S. The van der Waals surface area contributed by atoms with Gasteiger partial charge < -0.3 is 20.3 Å². The summed E-state index contributed by atoms with van der Waals surface area (Å²) in [6.45, 7) is 1.57. The molecular weight excluding hydrogens is 615 g/mol. The van der Waals surface area contributed by atoms with E-state index in [4.69, 9.17) is 4.74 Å². The third-order valence-corrected chi connectivity index (χ3v) is 8.29. The van der Waals surface area contributed by atoms with Gasteiger partial charge in [-0.15, -0.1) is 11.3 Å². The number of thiophene rings is 1. The van der Waals surface area contributed by atoms with E-state index in [1.807, 2.05) is 0 Å². The zero-order valence-corrected chi connectivity index (χ0v) is 23.8. The standard InChI is InChI=1S/C30H24F7N3O3S/c1-43-23-10-7-18(40-11-3-2-4-12-40)15-20(23)27(41)39-25-19-8-5-16(29(32,33)34)13-24(19)44-26(25)28(42)38-17-6-9-22(31)21(14-17)30(35,36)37/h5-10,13-15H,2-4,11-12H2,1H3,(H,38,42)(H,39,41). The summed E-state index contributed by atoms with van der Waals surface area (Å²) in [6.07, 6.45) is -6.70. The molecule has 14 heteroatoms. The maximum atomic E-state index is 13.8. The van der Waals surface area contributed by atoms with E-state index in [0.717, 1.165) is 62.3 Å². The Kier molecular flexibility index (Phi) is 8.47. The van der Waals surface area contributed by atoms with E-state index in [1.54, 1.807) is 18.2 Å². The van der Waals surface area contributed by atoms with E-state index >= 15 is 0 Å². The molecule has 0 unspecified atom stereocenters. The topological polar surface area (TPSA) is 70.7 Å². The van der Waals surface area contributed by atoms with E-state index in [1.165, 1.54) is 7.11 Å². The quantitative estimate of drug-likeness (QED) is 0.208. The highest BCUT2D eigenvalue weighted by Crippen LogP contribution is 2.41. The van der Waals surface area contributed by atoms with Crippen LogP contribution in [0.5, 0.6) is 5.75 Å². The summed E-state index contributed by atoms with van der Waals surface area (Å²) in [4.78, 5) is 28.8. The van der Waals surface area contributed by atoms with Crippen LogP contribution in [0.2, 0.25) is 0 Å². The fourth-order valence-electron chi connectivity index (χ4n) is 4.97. The Morgan fingerprint density at radius 1 is 0.841 bits per heavy atom. The van der Waals surface area contributed by atoms with Gasteiger partial charge in [0.2, 0.25) is 0 Å². The van der Waals surface area contributed by atoms with Crippen LogP contribution < -0.4 is 20.3 Å². The molecule has 1 fully saturated rings. The van der Waals surface area contributed by atoms with Crippen LogP contribution in [0.1, 0.15) is 50.4 Å². The number of benzene rings is 3. The number of hydrogen-bond acceptors (Lipinski definition) is 5. The van der Waals surface area contributed by atoms with Crippen LogP contribution in [0.15, 0.2) is 54.6 Å². The highest BCUT2D eigenvalue weighted by molar-refractivity contribution is 7.21. The molecule has 44 heavy (non-hydrogen) atoms. The van der Waals surface area contributed by atoms with Gasteiger partial charge in [-0.05, 0) is 67.8 Å². The molecule has 4 aromatic rings. The van der Waals surface area contributed by atoms with E-state index in [0.29, 0.717) is 23.5 Å². The summed E-state index contributed by atoms with van der Waals surface area (Å²) in [5.74, 6) is -3.09. The molecule has 2 heterocycles. The molecule has 0 radical (unpaired) electrons. The molecule has 1 aromatic heterocycles. The number of hydrogen-bond donors (Lipinski definition) is 2. The molecule has 6 nitrogen and oxygen atoms in total. The lowest BCUT2D eigenvalue weighted by Gasteiger charge is -2.29. The second kappa shape index (κ2) is 12.0. The third-order valence-electron chi connectivity index (χ3n) is 7.14. The molecule has 0 atom stereocenters. The zero-order valence-electron chi connectivity index (χ0n) is 23.0. The van der Waals surface area contributed by atoms with Crippen molar-refractivity contribution in [2.75, 3.05) is 35.7 Å². The molecule has 0 bridgehead atoms. The molecule has 1 aliphatic heterocycles. The van der Waals surface area contributed by atoms with Crippen molar-refractivity contribution >= 4 is 50.3 Å². The monoisotopic (exact) mass is 639 g/mol. The van der Waals surface area contributed by atoms with Crippen molar-refractivity contribution in [2.24, 2.45) is 0 Å². The van der Waals surface area contributed by atoms with Gasteiger partial charge in [0.15, 0.2) is 0 Å². The van der Waals surface area contributed by atoms with Crippen molar-refractivity contribution in [1.82, 2.24) is 0 Å². The van der Waals surface area contributed by atoms with E-state index < -0.39 is 46.8 Å². The number of carbonyl (C=O) groups is 2. The Balaban J connectivity index is 1.55. The number of carbonyl (C=O) groups excluding carboxylic acids is 2. The number of ether oxygens (including phenoxy) is 1. The summed E-state index contributed by atoms with van der Waals surface area (Å²) in [5.41, 5.74) is -2.32. The van der Waals surface area contributed by atoms with Gasteiger partial charge in [0.1, 0.15) is 16.4 Å². The van der Waals surface area contributed by atoms with Crippen molar-refractivity contribution in [2.45, 2.75) is 31.6 Å². The van der Waals surface area contributed by atoms with Crippen molar-refractivity contribution in [1.29, 1.82) is 0 Å².